The Bertz CT molecular complexity index is 588. The third-order valence-electron chi connectivity index (χ3n) is 3.02. The van der Waals surface area contributed by atoms with E-state index in [1.165, 1.54) is 5.56 Å². The molecule has 3 heteroatoms. The lowest BCUT2D eigenvalue weighted by molar-refractivity contribution is 0.0696. The van der Waals surface area contributed by atoms with Crippen molar-refractivity contribution in [3.63, 3.8) is 0 Å². The third kappa shape index (κ3) is 3.24. The lowest BCUT2D eigenvalue weighted by Crippen LogP contribution is -1.97. The highest BCUT2D eigenvalue weighted by Gasteiger charge is 2.09. The fourth-order valence-corrected chi connectivity index (χ4v) is 2.44. The molecule has 0 heterocycles. The van der Waals surface area contributed by atoms with Crippen molar-refractivity contribution >= 4 is 21.9 Å². The highest BCUT2D eigenvalue weighted by Crippen LogP contribution is 2.26. The molecule has 0 saturated heterocycles. The van der Waals surface area contributed by atoms with E-state index in [-0.39, 0.29) is 5.56 Å². The van der Waals surface area contributed by atoms with E-state index in [4.69, 9.17) is 5.11 Å². The summed E-state index contributed by atoms with van der Waals surface area (Å²) in [4.78, 5) is 11.1. The molecule has 98 valence electrons. The standard InChI is InChI=1S/C16H15BrO2/c1-2-3-11-4-6-12(7-5-11)13-8-9-15(17)14(10-13)16(18)19/h4-10H,2-3H2,1H3,(H,18,19). The number of carboxylic acid groups (broad SMARTS) is 1. The Hall–Kier alpha value is -1.61. The normalized spacial score (nSPS) is 10.4. The summed E-state index contributed by atoms with van der Waals surface area (Å²) in [7, 11) is 0. The minimum absolute atomic E-state index is 0.287. The van der Waals surface area contributed by atoms with Crippen molar-refractivity contribution in [3.8, 4) is 11.1 Å². The van der Waals surface area contributed by atoms with Gasteiger partial charge in [0.1, 0.15) is 0 Å². The summed E-state index contributed by atoms with van der Waals surface area (Å²) in [5.74, 6) is -0.920. The average molecular weight is 319 g/mol. The summed E-state index contributed by atoms with van der Waals surface area (Å²) in [5.41, 5.74) is 3.55. The van der Waals surface area contributed by atoms with Crippen molar-refractivity contribution in [3.05, 3.63) is 58.1 Å². The van der Waals surface area contributed by atoms with Gasteiger partial charge in [-0.3, -0.25) is 0 Å². The number of benzene rings is 2. The number of halogens is 1. The van der Waals surface area contributed by atoms with Gasteiger partial charge in [-0.2, -0.15) is 0 Å². The van der Waals surface area contributed by atoms with Gasteiger partial charge in [-0.05, 0) is 51.2 Å². The van der Waals surface area contributed by atoms with Crippen LogP contribution in [0.1, 0.15) is 29.3 Å². The molecule has 0 aliphatic carbocycles. The first kappa shape index (κ1) is 13.8. The lowest BCUT2D eigenvalue weighted by Gasteiger charge is -2.06. The van der Waals surface area contributed by atoms with Gasteiger partial charge < -0.3 is 5.11 Å². The number of hydrogen-bond donors (Lipinski definition) is 1. The fourth-order valence-electron chi connectivity index (χ4n) is 2.02. The van der Waals surface area contributed by atoms with Crippen molar-refractivity contribution < 1.29 is 9.90 Å². The van der Waals surface area contributed by atoms with Crippen LogP contribution in [0.25, 0.3) is 11.1 Å². The van der Waals surface area contributed by atoms with Gasteiger partial charge in [0.05, 0.1) is 5.56 Å². The molecule has 0 aliphatic heterocycles. The maximum atomic E-state index is 11.1. The van der Waals surface area contributed by atoms with Crippen molar-refractivity contribution in [2.75, 3.05) is 0 Å². The summed E-state index contributed by atoms with van der Waals surface area (Å²) in [6.45, 7) is 2.15. The Morgan fingerprint density at radius 2 is 1.74 bits per heavy atom. The summed E-state index contributed by atoms with van der Waals surface area (Å²) >= 11 is 3.25. The number of rotatable bonds is 4. The maximum absolute atomic E-state index is 11.1. The van der Waals surface area contributed by atoms with E-state index in [1.807, 2.05) is 18.2 Å². The molecule has 0 fully saturated rings. The van der Waals surface area contributed by atoms with E-state index >= 15 is 0 Å². The molecule has 0 aliphatic rings. The van der Waals surface area contributed by atoms with E-state index in [0.717, 1.165) is 24.0 Å². The van der Waals surface area contributed by atoms with Crippen LogP contribution in [0.5, 0.6) is 0 Å². The van der Waals surface area contributed by atoms with Crippen molar-refractivity contribution in [1.29, 1.82) is 0 Å². The molecule has 1 N–H and O–H groups in total. The zero-order valence-corrected chi connectivity index (χ0v) is 12.3. The topological polar surface area (TPSA) is 37.3 Å². The number of aromatic carboxylic acids is 1. The van der Waals surface area contributed by atoms with Crippen LogP contribution in [0.4, 0.5) is 0 Å². The Morgan fingerprint density at radius 3 is 2.32 bits per heavy atom. The van der Waals surface area contributed by atoms with Gasteiger partial charge in [-0.1, -0.05) is 43.7 Å². The lowest BCUT2D eigenvalue weighted by atomic mass is 10.0. The average Bonchev–Trinajstić information content (AvgIpc) is 2.40. The summed E-state index contributed by atoms with van der Waals surface area (Å²) < 4.78 is 0.603. The van der Waals surface area contributed by atoms with Gasteiger partial charge >= 0.3 is 5.97 Å². The van der Waals surface area contributed by atoms with E-state index in [2.05, 4.69) is 35.0 Å². The quantitative estimate of drug-likeness (QED) is 0.881. The van der Waals surface area contributed by atoms with Gasteiger partial charge in [0.15, 0.2) is 0 Å². The molecule has 0 spiro atoms. The number of aryl methyl sites for hydroxylation is 1. The predicted molar refractivity (Wildman–Crippen MR) is 80.5 cm³/mol. The van der Waals surface area contributed by atoms with Crippen molar-refractivity contribution in [2.45, 2.75) is 19.8 Å². The van der Waals surface area contributed by atoms with Crippen LogP contribution in [0.15, 0.2) is 46.9 Å². The van der Waals surface area contributed by atoms with Crippen LogP contribution in [0.3, 0.4) is 0 Å². The van der Waals surface area contributed by atoms with Crippen LogP contribution in [-0.2, 0) is 6.42 Å². The molecule has 0 aromatic heterocycles. The second-order valence-electron chi connectivity index (χ2n) is 4.45. The molecule has 2 aromatic carbocycles. The monoisotopic (exact) mass is 318 g/mol. The Morgan fingerprint density at radius 1 is 1.11 bits per heavy atom. The number of hydrogen-bond acceptors (Lipinski definition) is 1. The smallest absolute Gasteiger partial charge is 0.336 e. The second-order valence-corrected chi connectivity index (χ2v) is 5.30. The van der Waals surface area contributed by atoms with E-state index in [0.29, 0.717) is 4.47 Å². The van der Waals surface area contributed by atoms with Crippen LogP contribution >= 0.6 is 15.9 Å². The molecule has 2 nitrogen and oxygen atoms in total. The molecule has 0 saturated carbocycles. The van der Waals surface area contributed by atoms with Gasteiger partial charge in [-0.25, -0.2) is 4.79 Å². The summed E-state index contributed by atoms with van der Waals surface area (Å²) in [6.07, 6.45) is 2.20. The van der Waals surface area contributed by atoms with Gasteiger partial charge in [0.2, 0.25) is 0 Å². The highest BCUT2D eigenvalue weighted by atomic mass is 79.9. The first-order valence-corrected chi connectivity index (χ1v) is 7.03. The summed E-state index contributed by atoms with van der Waals surface area (Å²) in [5, 5.41) is 9.12. The highest BCUT2D eigenvalue weighted by molar-refractivity contribution is 9.10. The zero-order valence-electron chi connectivity index (χ0n) is 10.7. The minimum Gasteiger partial charge on any atom is -0.478 e. The molecule has 0 radical (unpaired) electrons. The fraction of sp³-hybridized carbons (Fsp3) is 0.188. The Kier molecular flexibility index (Phi) is 4.38. The van der Waals surface area contributed by atoms with E-state index < -0.39 is 5.97 Å². The molecule has 0 unspecified atom stereocenters. The second kappa shape index (κ2) is 6.02. The van der Waals surface area contributed by atoms with Gasteiger partial charge in [0, 0.05) is 4.47 Å². The van der Waals surface area contributed by atoms with Crippen LogP contribution in [0, 0.1) is 0 Å². The SMILES string of the molecule is CCCc1ccc(-c2ccc(Br)c(C(=O)O)c2)cc1. The molecule has 0 amide bonds. The van der Waals surface area contributed by atoms with Crippen molar-refractivity contribution in [1.82, 2.24) is 0 Å². The number of carboxylic acids is 1. The predicted octanol–water partition coefficient (Wildman–Crippen LogP) is 4.77. The first-order chi connectivity index (χ1) is 9.11. The maximum Gasteiger partial charge on any atom is 0.336 e. The largest absolute Gasteiger partial charge is 0.478 e. The number of carbonyl (C=O) groups is 1. The molecular formula is C16H15BrO2. The van der Waals surface area contributed by atoms with Crippen LogP contribution in [0.2, 0.25) is 0 Å². The van der Waals surface area contributed by atoms with Gasteiger partial charge in [0.25, 0.3) is 0 Å². The molecule has 0 bridgehead atoms. The van der Waals surface area contributed by atoms with Crippen LogP contribution < -0.4 is 0 Å². The molecule has 2 rings (SSSR count). The molecular weight excluding hydrogens is 304 g/mol. The Labute approximate surface area is 121 Å². The van der Waals surface area contributed by atoms with Crippen molar-refractivity contribution in [2.24, 2.45) is 0 Å². The molecule has 19 heavy (non-hydrogen) atoms. The zero-order chi connectivity index (χ0) is 13.8. The Balaban J connectivity index is 2.36. The molecule has 0 atom stereocenters. The van der Waals surface area contributed by atoms with Crippen LogP contribution in [-0.4, -0.2) is 11.1 Å². The first-order valence-electron chi connectivity index (χ1n) is 6.24. The minimum atomic E-state index is -0.920. The van der Waals surface area contributed by atoms with Gasteiger partial charge in [-0.15, -0.1) is 0 Å². The third-order valence-corrected chi connectivity index (χ3v) is 3.71. The van der Waals surface area contributed by atoms with E-state index in [9.17, 15) is 4.79 Å². The van der Waals surface area contributed by atoms with E-state index in [1.54, 1.807) is 12.1 Å². The molecule has 2 aromatic rings. The summed E-state index contributed by atoms with van der Waals surface area (Å²) in [6, 6.07) is 13.7.